The lowest BCUT2D eigenvalue weighted by atomic mass is 10.1. The van der Waals surface area contributed by atoms with Crippen LogP contribution >= 0.6 is 0 Å². The SMILES string of the molecule is CCc1cc(C(=O)N(Cc2ccccc2)C(C)C(=O)O)n(C)n1. The summed E-state index contributed by atoms with van der Waals surface area (Å²) >= 11 is 0. The minimum atomic E-state index is -1.04. The average Bonchev–Trinajstić information content (AvgIpc) is 2.93. The molecule has 0 bridgehead atoms. The second-order valence-electron chi connectivity index (χ2n) is 5.43. The number of carboxylic acid groups (broad SMARTS) is 1. The number of hydrogen-bond acceptors (Lipinski definition) is 3. The zero-order chi connectivity index (χ0) is 17.0. The van der Waals surface area contributed by atoms with E-state index in [-0.39, 0.29) is 12.5 Å². The Balaban J connectivity index is 2.34. The molecule has 1 aromatic heterocycles. The number of aromatic nitrogens is 2. The molecule has 1 amide bonds. The highest BCUT2D eigenvalue weighted by atomic mass is 16.4. The summed E-state index contributed by atoms with van der Waals surface area (Å²) in [5.41, 5.74) is 2.08. The van der Waals surface area contributed by atoms with Crippen molar-refractivity contribution in [3.05, 3.63) is 53.3 Å². The van der Waals surface area contributed by atoms with E-state index in [1.807, 2.05) is 37.3 Å². The molecule has 0 aliphatic heterocycles. The first-order valence-electron chi connectivity index (χ1n) is 7.54. The smallest absolute Gasteiger partial charge is 0.326 e. The maximum Gasteiger partial charge on any atom is 0.326 e. The van der Waals surface area contributed by atoms with Crippen LogP contribution < -0.4 is 0 Å². The second kappa shape index (κ2) is 7.09. The maximum absolute atomic E-state index is 12.8. The van der Waals surface area contributed by atoms with Crippen LogP contribution in [-0.4, -0.2) is 37.7 Å². The molecule has 0 fully saturated rings. The fourth-order valence-corrected chi connectivity index (χ4v) is 2.34. The predicted octanol–water partition coefficient (Wildman–Crippen LogP) is 2.10. The quantitative estimate of drug-likeness (QED) is 0.886. The van der Waals surface area contributed by atoms with E-state index in [1.165, 1.54) is 16.5 Å². The van der Waals surface area contributed by atoms with Gasteiger partial charge in [-0.3, -0.25) is 9.48 Å². The van der Waals surface area contributed by atoms with Gasteiger partial charge in [0.25, 0.3) is 5.91 Å². The molecule has 23 heavy (non-hydrogen) atoms. The van der Waals surface area contributed by atoms with Crippen LogP contribution in [0.25, 0.3) is 0 Å². The lowest BCUT2D eigenvalue weighted by Gasteiger charge is -2.26. The Morgan fingerprint density at radius 2 is 1.96 bits per heavy atom. The van der Waals surface area contributed by atoms with Gasteiger partial charge in [0.2, 0.25) is 0 Å². The van der Waals surface area contributed by atoms with Crippen molar-refractivity contribution in [3.63, 3.8) is 0 Å². The zero-order valence-electron chi connectivity index (χ0n) is 13.6. The van der Waals surface area contributed by atoms with Gasteiger partial charge in [0.15, 0.2) is 0 Å². The van der Waals surface area contributed by atoms with Gasteiger partial charge in [-0.05, 0) is 25.0 Å². The summed E-state index contributed by atoms with van der Waals surface area (Å²) in [6.07, 6.45) is 0.717. The Morgan fingerprint density at radius 3 is 2.48 bits per heavy atom. The zero-order valence-corrected chi connectivity index (χ0v) is 13.6. The number of carboxylic acids is 1. The standard InChI is InChI=1S/C17H21N3O3/c1-4-14-10-15(19(3)18-14)16(21)20(12(2)17(22)23)11-13-8-6-5-7-9-13/h5-10,12H,4,11H2,1-3H3,(H,22,23). The summed E-state index contributed by atoms with van der Waals surface area (Å²) in [7, 11) is 1.69. The molecule has 0 saturated heterocycles. The van der Waals surface area contributed by atoms with Gasteiger partial charge in [-0.1, -0.05) is 37.3 Å². The van der Waals surface area contributed by atoms with Crippen molar-refractivity contribution in [2.75, 3.05) is 0 Å². The first-order valence-corrected chi connectivity index (χ1v) is 7.54. The van der Waals surface area contributed by atoms with Crippen molar-refractivity contribution in [3.8, 4) is 0 Å². The molecule has 0 aliphatic carbocycles. The van der Waals surface area contributed by atoms with Crippen LogP contribution in [0.15, 0.2) is 36.4 Å². The Kier molecular flexibility index (Phi) is 5.16. The van der Waals surface area contributed by atoms with E-state index in [2.05, 4.69) is 5.10 Å². The molecule has 1 heterocycles. The molecular weight excluding hydrogens is 294 g/mol. The second-order valence-corrected chi connectivity index (χ2v) is 5.43. The van der Waals surface area contributed by atoms with E-state index < -0.39 is 12.0 Å². The van der Waals surface area contributed by atoms with Crippen molar-refractivity contribution >= 4 is 11.9 Å². The van der Waals surface area contributed by atoms with Gasteiger partial charge < -0.3 is 10.0 Å². The van der Waals surface area contributed by atoms with E-state index in [4.69, 9.17) is 0 Å². The third-order valence-corrected chi connectivity index (χ3v) is 3.79. The Bertz CT molecular complexity index is 694. The Labute approximate surface area is 135 Å². The lowest BCUT2D eigenvalue weighted by Crippen LogP contribution is -2.43. The van der Waals surface area contributed by atoms with Crippen molar-refractivity contribution in [1.82, 2.24) is 14.7 Å². The molecule has 122 valence electrons. The van der Waals surface area contributed by atoms with Crippen LogP contribution in [0, 0.1) is 0 Å². The molecule has 2 aromatic rings. The van der Waals surface area contributed by atoms with Gasteiger partial charge >= 0.3 is 5.97 Å². The highest BCUT2D eigenvalue weighted by Crippen LogP contribution is 2.15. The molecule has 1 aromatic carbocycles. The van der Waals surface area contributed by atoms with Gasteiger partial charge in [-0.2, -0.15) is 5.10 Å². The molecule has 1 atom stereocenters. The minimum absolute atomic E-state index is 0.236. The van der Waals surface area contributed by atoms with E-state index in [1.54, 1.807) is 13.1 Å². The minimum Gasteiger partial charge on any atom is -0.480 e. The average molecular weight is 315 g/mol. The third-order valence-electron chi connectivity index (χ3n) is 3.79. The number of rotatable bonds is 6. The van der Waals surface area contributed by atoms with Gasteiger partial charge in [0.05, 0.1) is 5.69 Å². The van der Waals surface area contributed by atoms with Crippen LogP contribution in [0.5, 0.6) is 0 Å². The van der Waals surface area contributed by atoms with Crippen molar-refractivity contribution in [1.29, 1.82) is 0 Å². The first kappa shape index (κ1) is 16.7. The van der Waals surface area contributed by atoms with Crippen molar-refractivity contribution in [2.24, 2.45) is 7.05 Å². The van der Waals surface area contributed by atoms with Crippen LogP contribution in [0.4, 0.5) is 0 Å². The van der Waals surface area contributed by atoms with Crippen LogP contribution in [0.1, 0.15) is 35.6 Å². The van der Waals surface area contributed by atoms with Gasteiger partial charge in [-0.25, -0.2) is 4.79 Å². The molecule has 6 nitrogen and oxygen atoms in total. The van der Waals surface area contributed by atoms with E-state index >= 15 is 0 Å². The lowest BCUT2D eigenvalue weighted by molar-refractivity contribution is -0.141. The number of hydrogen-bond donors (Lipinski definition) is 1. The van der Waals surface area contributed by atoms with Crippen molar-refractivity contribution in [2.45, 2.75) is 32.9 Å². The first-order chi connectivity index (χ1) is 10.9. The van der Waals surface area contributed by atoms with Crippen molar-refractivity contribution < 1.29 is 14.7 Å². The number of carbonyl (C=O) groups excluding carboxylic acids is 1. The molecule has 0 saturated carbocycles. The number of aryl methyl sites for hydroxylation is 2. The molecule has 2 rings (SSSR count). The molecule has 0 aliphatic rings. The van der Waals surface area contributed by atoms with Gasteiger partial charge in [0, 0.05) is 13.6 Å². The summed E-state index contributed by atoms with van der Waals surface area (Å²) in [6, 6.07) is 10.1. The normalized spacial score (nSPS) is 12.0. The van der Waals surface area contributed by atoms with E-state index in [0.29, 0.717) is 12.1 Å². The predicted molar refractivity (Wildman–Crippen MR) is 86.0 cm³/mol. The molecular formula is C17H21N3O3. The summed E-state index contributed by atoms with van der Waals surface area (Å²) in [6.45, 7) is 3.71. The summed E-state index contributed by atoms with van der Waals surface area (Å²) in [5, 5.41) is 13.6. The van der Waals surface area contributed by atoms with Gasteiger partial charge in [-0.15, -0.1) is 0 Å². The molecule has 1 unspecified atom stereocenters. The Morgan fingerprint density at radius 1 is 1.30 bits per heavy atom. The molecule has 0 spiro atoms. The Hall–Kier alpha value is -2.63. The van der Waals surface area contributed by atoms with Gasteiger partial charge in [0.1, 0.15) is 11.7 Å². The molecule has 0 radical (unpaired) electrons. The van der Waals surface area contributed by atoms with E-state index in [0.717, 1.165) is 11.3 Å². The van der Waals surface area contributed by atoms with E-state index in [9.17, 15) is 14.7 Å². The molecule has 1 N–H and O–H groups in total. The van der Waals surface area contributed by atoms with Crippen LogP contribution in [0.3, 0.4) is 0 Å². The monoisotopic (exact) mass is 315 g/mol. The largest absolute Gasteiger partial charge is 0.480 e. The number of benzene rings is 1. The third kappa shape index (κ3) is 3.77. The summed E-state index contributed by atoms with van der Waals surface area (Å²) in [4.78, 5) is 25.6. The summed E-state index contributed by atoms with van der Waals surface area (Å²) in [5.74, 6) is -1.37. The topological polar surface area (TPSA) is 75.4 Å². The number of aliphatic carboxylic acids is 1. The maximum atomic E-state index is 12.8. The molecule has 6 heteroatoms. The number of carbonyl (C=O) groups is 2. The summed E-state index contributed by atoms with van der Waals surface area (Å²) < 4.78 is 1.51. The van der Waals surface area contributed by atoms with Crippen LogP contribution in [-0.2, 0) is 24.8 Å². The van der Waals surface area contributed by atoms with Crippen LogP contribution in [0.2, 0.25) is 0 Å². The fraction of sp³-hybridized carbons (Fsp3) is 0.353. The fourth-order valence-electron chi connectivity index (χ4n) is 2.34. The number of amides is 1. The number of nitrogens with zero attached hydrogens (tertiary/aromatic N) is 3. The highest BCUT2D eigenvalue weighted by Gasteiger charge is 2.28. The highest BCUT2D eigenvalue weighted by molar-refractivity contribution is 5.95.